The minimum Gasteiger partial charge on any atom is -0.375 e. The summed E-state index contributed by atoms with van der Waals surface area (Å²) in [4.78, 5) is 14.1. The molecule has 1 saturated heterocycles. The second-order valence-corrected chi connectivity index (χ2v) is 5.94. The van der Waals surface area contributed by atoms with Crippen LogP contribution in [0.15, 0.2) is 24.3 Å². The van der Waals surface area contributed by atoms with Gasteiger partial charge in [-0.25, -0.2) is 4.79 Å². The predicted molar refractivity (Wildman–Crippen MR) is 84.3 cm³/mol. The molecule has 20 heavy (non-hydrogen) atoms. The van der Waals surface area contributed by atoms with Gasteiger partial charge in [0.1, 0.15) is 0 Å². The van der Waals surface area contributed by atoms with Gasteiger partial charge in [0.2, 0.25) is 0 Å². The SMILES string of the molecule is CSCc1ccc(NC(=O)N2CCO[C@H](C)[C@@H]2C)cc1. The Morgan fingerprint density at radius 3 is 2.75 bits per heavy atom. The molecular weight excluding hydrogens is 272 g/mol. The molecule has 0 spiro atoms. The van der Waals surface area contributed by atoms with Crippen molar-refractivity contribution in [3.8, 4) is 0 Å². The third-order valence-corrected chi connectivity index (χ3v) is 4.28. The smallest absolute Gasteiger partial charge is 0.322 e. The van der Waals surface area contributed by atoms with Crippen LogP contribution in [-0.2, 0) is 10.5 Å². The van der Waals surface area contributed by atoms with E-state index in [0.29, 0.717) is 13.2 Å². The van der Waals surface area contributed by atoms with Gasteiger partial charge in [-0.3, -0.25) is 0 Å². The number of carbonyl (C=O) groups excluding carboxylic acids is 1. The molecule has 2 rings (SSSR count). The molecule has 1 N–H and O–H groups in total. The lowest BCUT2D eigenvalue weighted by Crippen LogP contribution is -2.52. The zero-order valence-electron chi connectivity index (χ0n) is 12.3. The molecule has 1 aromatic rings. The maximum atomic E-state index is 12.3. The highest BCUT2D eigenvalue weighted by Gasteiger charge is 2.28. The monoisotopic (exact) mass is 294 g/mol. The molecule has 4 nitrogen and oxygen atoms in total. The Hall–Kier alpha value is -1.20. The van der Waals surface area contributed by atoms with E-state index in [9.17, 15) is 4.79 Å². The molecular formula is C15H22N2O2S. The lowest BCUT2D eigenvalue weighted by molar-refractivity contribution is -0.0355. The summed E-state index contributed by atoms with van der Waals surface area (Å²) in [6.45, 7) is 5.26. The summed E-state index contributed by atoms with van der Waals surface area (Å²) in [6.07, 6.45) is 2.16. The molecule has 1 fully saturated rings. The molecule has 1 heterocycles. The maximum Gasteiger partial charge on any atom is 0.322 e. The molecule has 1 aromatic carbocycles. The fraction of sp³-hybridized carbons (Fsp3) is 0.533. The van der Waals surface area contributed by atoms with Gasteiger partial charge in [0.15, 0.2) is 0 Å². The summed E-state index contributed by atoms with van der Waals surface area (Å²) < 4.78 is 5.54. The number of morpholine rings is 1. The molecule has 0 bridgehead atoms. The Kier molecular flexibility index (Phi) is 5.31. The number of hydrogen-bond donors (Lipinski definition) is 1. The fourth-order valence-corrected chi connectivity index (χ4v) is 2.79. The van der Waals surface area contributed by atoms with Gasteiger partial charge in [-0.15, -0.1) is 0 Å². The first-order chi connectivity index (χ1) is 9.61. The van der Waals surface area contributed by atoms with Crippen molar-refractivity contribution in [3.63, 3.8) is 0 Å². The van der Waals surface area contributed by atoms with Crippen molar-refractivity contribution < 1.29 is 9.53 Å². The average Bonchev–Trinajstić information content (AvgIpc) is 2.44. The second-order valence-electron chi connectivity index (χ2n) is 5.07. The number of thioether (sulfide) groups is 1. The van der Waals surface area contributed by atoms with Gasteiger partial charge in [-0.2, -0.15) is 11.8 Å². The summed E-state index contributed by atoms with van der Waals surface area (Å²) in [5.74, 6) is 0.992. The van der Waals surface area contributed by atoms with Crippen LogP contribution in [0.5, 0.6) is 0 Å². The van der Waals surface area contributed by atoms with Crippen LogP contribution in [0, 0.1) is 0 Å². The zero-order chi connectivity index (χ0) is 14.5. The van der Waals surface area contributed by atoms with E-state index in [4.69, 9.17) is 4.74 Å². The molecule has 0 aliphatic carbocycles. The van der Waals surface area contributed by atoms with Crippen molar-refractivity contribution in [2.75, 3.05) is 24.7 Å². The first-order valence-electron chi connectivity index (χ1n) is 6.89. The highest BCUT2D eigenvalue weighted by Crippen LogP contribution is 2.17. The van der Waals surface area contributed by atoms with E-state index in [1.54, 1.807) is 11.8 Å². The molecule has 1 aliphatic rings. The quantitative estimate of drug-likeness (QED) is 0.931. The van der Waals surface area contributed by atoms with Gasteiger partial charge in [-0.05, 0) is 37.8 Å². The molecule has 110 valence electrons. The number of urea groups is 1. The maximum absolute atomic E-state index is 12.3. The normalized spacial score (nSPS) is 22.6. The number of nitrogens with zero attached hydrogens (tertiary/aromatic N) is 1. The van der Waals surface area contributed by atoms with Crippen molar-refractivity contribution in [2.45, 2.75) is 31.7 Å². The van der Waals surface area contributed by atoms with E-state index in [0.717, 1.165) is 11.4 Å². The van der Waals surface area contributed by atoms with E-state index >= 15 is 0 Å². The van der Waals surface area contributed by atoms with Crippen LogP contribution in [0.3, 0.4) is 0 Å². The van der Waals surface area contributed by atoms with Crippen molar-refractivity contribution >= 4 is 23.5 Å². The minimum atomic E-state index is -0.0507. The number of amides is 2. The Morgan fingerprint density at radius 2 is 2.10 bits per heavy atom. The Morgan fingerprint density at radius 1 is 1.40 bits per heavy atom. The van der Waals surface area contributed by atoms with Crippen LogP contribution in [0.2, 0.25) is 0 Å². The molecule has 0 aromatic heterocycles. The summed E-state index contributed by atoms with van der Waals surface area (Å²) in [5, 5.41) is 2.96. The van der Waals surface area contributed by atoms with E-state index in [2.05, 4.69) is 23.7 Å². The minimum absolute atomic E-state index is 0.0507. The average molecular weight is 294 g/mol. The lowest BCUT2D eigenvalue weighted by atomic mass is 10.1. The third-order valence-electron chi connectivity index (χ3n) is 3.66. The van der Waals surface area contributed by atoms with E-state index in [1.807, 2.05) is 30.9 Å². The van der Waals surface area contributed by atoms with Crippen molar-refractivity contribution in [2.24, 2.45) is 0 Å². The van der Waals surface area contributed by atoms with E-state index < -0.39 is 0 Å². The van der Waals surface area contributed by atoms with Gasteiger partial charge in [0, 0.05) is 18.0 Å². The lowest BCUT2D eigenvalue weighted by Gasteiger charge is -2.37. The molecule has 2 amide bonds. The highest BCUT2D eigenvalue weighted by molar-refractivity contribution is 7.97. The largest absolute Gasteiger partial charge is 0.375 e. The number of anilines is 1. The standard InChI is InChI=1S/C15H22N2O2S/c1-11-12(2)19-9-8-17(11)15(18)16-14-6-4-13(5-7-14)10-20-3/h4-7,11-12H,8-10H2,1-3H3,(H,16,18)/t11-,12+/m0/s1. The van der Waals surface area contributed by atoms with Crippen LogP contribution in [0.4, 0.5) is 10.5 Å². The van der Waals surface area contributed by atoms with E-state index in [-0.39, 0.29) is 18.2 Å². The summed E-state index contributed by atoms with van der Waals surface area (Å²) in [6, 6.07) is 8.06. The highest BCUT2D eigenvalue weighted by atomic mass is 32.2. The van der Waals surface area contributed by atoms with Gasteiger partial charge in [0.05, 0.1) is 18.8 Å². The number of benzene rings is 1. The van der Waals surface area contributed by atoms with Crippen molar-refractivity contribution in [1.82, 2.24) is 4.90 Å². The number of hydrogen-bond acceptors (Lipinski definition) is 3. The number of carbonyl (C=O) groups is 1. The number of nitrogens with one attached hydrogen (secondary N) is 1. The molecule has 0 unspecified atom stereocenters. The van der Waals surface area contributed by atoms with Gasteiger partial charge in [0.25, 0.3) is 0 Å². The summed E-state index contributed by atoms with van der Waals surface area (Å²) >= 11 is 1.79. The van der Waals surface area contributed by atoms with E-state index in [1.165, 1.54) is 5.56 Å². The molecule has 0 saturated carbocycles. The topological polar surface area (TPSA) is 41.6 Å². The first kappa shape index (κ1) is 15.2. The Balaban J connectivity index is 1.96. The van der Waals surface area contributed by atoms with Crippen molar-refractivity contribution in [3.05, 3.63) is 29.8 Å². The number of ether oxygens (including phenoxy) is 1. The van der Waals surface area contributed by atoms with Crippen LogP contribution < -0.4 is 5.32 Å². The zero-order valence-corrected chi connectivity index (χ0v) is 13.1. The van der Waals surface area contributed by atoms with Crippen molar-refractivity contribution in [1.29, 1.82) is 0 Å². The van der Waals surface area contributed by atoms with Gasteiger partial charge < -0.3 is 15.0 Å². The molecule has 1 aliphatic heterocycles. The summed E-state index contributed by atoms with van der Waals surface area (Å²) in [7, 11) is 0. The second kappa shape index (κ2) is 6.99. The predicted octanol–water partition coefficient (Wildman–Crippen LogP) is 3.19. The molecule has 2 atom stereocenters. The third kappa shape index (κ3) is 3.67. The molecule has 5 heteroatoms. The number of rotatable bonds is 3. The van der Waals surface area contributed by atoms with Crippen LogP contribution in [-0.4, -0.2) is 42.5 Å². The fourth-order valence-electron chi connectivity index (χ4n) is 2.27. The summed E-state index contributed by atoms with van der Waals surface area (Å²) in [5.41, 5.74) is 2.11. The van der Waals surface area contributed by atoms with Crippen LogP contribution in [0.25, 0.3) is 0 Å². The van der Waals surface area contributed by atoms with Gasteiger partial charge >= 0.3 is 6.03 Å². The van der Waals surface area contributed by atoms with Crippen LogP contribution >= 0.6 is 11.8 Å². The van der Waals surface area contributed by atoms with Crippen LogP contribution in [0.1, 0.15) is 19.4 Å². The first-order valence-corrected chi connectivity index (χ1v) is 8.28. The Labute approximate surface area is 124 Å². The Bertz CT molecular complexity index is 450. The molecule has 0 radical (unpaired) electrons. The van der Waals surface area contributed by atoms with Gasteiger partial charge in [-0.1, -0.05) is 12.1 Å².